The second-order valence-electron chi connectivity index (χ2n) is 8.06. The zero-order valence-electron chi connectivity index (χ0n) is 18.4. The van der Waals surface area contributed by atoms with Crippen molar-refractivity contribution in [2.75, 3.05) is 25.1 Å². The number of ether oxygens (including phenoxy) is 2. The van der Waals surface area contributed by atoms with Crippen LogP contribution in [0.2, 0.25) is 0 Å². The van der Waals surface area contributed by atoms with Crippen molar-refractivity contribution in [1.29, 1.82) is 0 Å². The Bertz CT molecular complexity index is 1120. The predicted molar refractivity (Wildman–Crippen MR) is 122 cm³/mol. The van der Waals surface area contributed by atoms with Crippen LogP contribution < -0.4 is 20.1 Å². The zero-order chi connectivity index (χ0) is 22.5. The highest BCUT2D eigenvalue weighted by molar-refractivity contribution is 5.92. The van der Waals surface area contributed by atoms with Gasteiger partial charge in [-0.1, -0.05) is 26.0 Å². The van der Waals surface area contributed by atoms with Crippen molar-refractivity contribution in [3.63, 3.8) is 0 Å². The third-order valence-electron chi connectivity index (χ3n) is 5.26. The molecule has 32 heavy (non-hydrogen) atoms. The van der Waals surface area contributed by atoms with E-state index in [2.05, 4.69) is 10.6 Å². The zero-order valence-corrected chi connectivity index (χ0v) is 18.4. The van der Waals surface area contributed by atoms with Gasteiger partial charge in [-0.3, -0.25) is 9.59 Å². The fourth-order valence-corrected chi connectivity index (χ4v) is 3.62. The van der Waals surface area contributed by atoms with Crippen LogP contribution in [0.5, 0.6) is 11.5 Å². The lowest BCUT2D eigenvalue weighted by Gasteiger charge is -2.19. The number of aromatic nitrogens is 2. The number of imidazole rings is 1. The van der Waals surface area contributed by atoms with Crippen LogP contribution in [0.4, 0.5) is 5.69 Å². The fraction of sp³-hybridized carbons (Fsp3) is 0.375. The summed E-state index contributed by atoms with van der Waals surface area (Å²) in [7, 11) is 0. The maximum Gasteiger partial charge on any atom is 0.244 e. The van der Waals surface area contributed by atoms with E-state index in [1.807, 2.05) is 42.7 Å². The van der Waals surface area contributed by atoms with Crippen molar-refractivity contribution in [1.82, 2.24) is 14.9 Å². The Kier molecular flexibility index (Phi) is 6.58. The van der Waals surface area contributed by atoms with Crippen molar-refractivity contribution in [2.45, 2.75) is 33.2 Å². The minimum Gasteiger partial charge on any atom is -0.486 e. The Morgan fingerprint density at radius 2 is 1.88 bits per heavy atom. The molecule has 0 bridgehead atoms. The van der Waals surface area contributed by atoms with Crippen LogP contribution in [0.15, 0.2) is 42.5 Å². The van der Waals surface area contributed by atoms with Crippen LogP contribution in [-0.4, -0.2) is 41.1 Å². The van der Waals surface area contributed by atoms with E-state index in [1.165, 1.54) is 0 Å². The highest BCUT2D eigenvalue weighted by Crippen LogP contribution is 2.32. The first-order chi connectivity index (χ1) is 15.5. The fourth-order valence-electron chi connectivity index (χ4n) is 3.62. The van der Waals surface area contributed by atoms with E-state index in [0.29, 0.717) is 43.4 Å². The summed E-state index contributed by atoms with van der Waals surface area (Å²) in [5.74, 6) is 1.98. The number of nitrogens with zero attached hydrogens (tertiary/aromatic N) is 2. The van der Waals surface area contributed by atoms with Crippen molar-refractivity contribution >= 4 is 28.5 Å². The molecule has 0 saturated carbocycles. The molecule has 168 valence electrons. The molecule has 1 aliphatic heterocycles. The van der Waals surface area contributed by atoms with Crippen LogP contribution in [0, 0.1) is 5.92 Å². The van der Waals surface area contributed by atoms with Gasteiger partial charge in [-0.05, 0) is 30.7 Å². The summed E-state index contributed by atoms with van der Waals surface area (Å²) in [6.45, 7) is 5.47. The van der Waals surface area contributed by atoms with Gasteiger partial charge in [-0.15, -0.1) is 0 Å². The molecule has 2 heterocycles. The Morgan fingerprint density at radius 1 is 1.09 bits per heavy atom. The first-order valence-corrected chi connectivity index (χ1v) is 10.9. The number of carbonyl (C=O) groups excluding carboxylic acids is 2. The predicted octanol–water partition coefficient (Wildman–Crippen LogP) is 3.15. The Hall–Kier alpha value is -3.55. The van der Waals surface area contributed by atoms with Gasteiger partial charge in [0.2, 0.25) is 11.8 Å². The molecule has 4 rings (SSSR count). The number of fused-ring (bicyclic) bond motifs is 2. The third-order valence-corrected chi connectivity index (χ3v) is 5.26. The van der Waals surface area contributed by atoms with E-state index >= 15 is 0 Å². The number of anilines is 1. The Morgan fingerprint density at radius 3 is 2.69 bits per heavy atom. The van der Waals surface area contributed by atoms with Crippen LogP contribution in [0.1, 0.15) is 26.1 Å². The lowest BCUT2D eigenvalue weighted by atomic mass is 10.2. The average Bonchev–Trinajstić information content (AvgIpc) is 3.13. The van der Waals surface area contributed by atoms with Crippen LogP contribution >= 0.6 is 0 Å². The molecule has 1 aliphatic rings. The monoisotopic (exact) mass is 436 g/mol. The molecule has 2 amide bonds. The number of benzene rings is 2. The molecule has 0 spiro atoms. The summed E-state index contributed by atoms with van der Waals surface area (Å²) < 4.78 is 13.1. The number of amides is 2. The highest BCUT2D eigenvalue weighted by Gasteiger charge is 2.16. The second-order valence-corrected chi connectivity index (χ2v) is 8.06. The van der Waals surface area contributed by atoms with Crippen LogP contribution in [0.3, 0.4) is 0 Å². The number of nitrogens with one attached hydrogen (secondary N) is 2. The topological polar surface area (TPSA) is 94.5 Å². The largest absolute Gasteiger partial charge is 0.486 e. The van der Waals surface area contributed by atoms with E-state index in [1.54, 1.807) is 18.2 Å². The molecule has 8 nitrogen and oxygen atoms in total. The molecule has 0 atom stereocenters. The number of aryl methyl sites for hydroxylation is 1. The van der Waals surface area contributed by atoms with E-state index in [-0.39, 0.29) is 24.3 Å². The maximum absolute atomic E-state index is 12.8. The third kappa shape index (κ3) is 5.01. The summed E-state index contributed by atoms with van der Waals surface area (Å²) >= 11 is 0. The molecular formula is C24H28N4O4. The molecule has 1 aromatic heterocycles. The van der Waals surface area contributed by atoms with Gasteiger partial charge in [0.25, 0.3) is 0 Å². The number of hydrogen-bond acceptors (Lipinski definition) is 5. The summed E-state index contributed by atoms with van der Waals surface area (Å²) in [6, 6.07) is 13.1. The summed E-state index contributed by atoms with van der Waals surface area (Å²) in [6.07, 6.45) is 1.40. The van der Waals surface area contributed by atoms with E-state index in [0.717, 1.165) is 23.3 Å². The second kappa shape index (κ2) is 9.72. The minimum absolute atomic E-state index is 0.0381. The van der Waals surface area contributed by atoms with Crippen LogP contribution in [-0.2, 0) is 22.6 Å². The number of carbonyl (C=O) groups is 2. The molecule has 0 fully saturated rings. The molecule has 8 heteroatoms. The van der Waals surface area contributed by atoms with Gasteiger partial charge in [0.15, 0.2) is 11.5 Å². The molecule has 3 aromatic rings. The SMILES string of the molecule is CC(C)C(=O)NCCCc1nc2ccccc2n1CC(=O)Nc1ccc2c(c1)OCCO2. The lowest BCUT2D eigenvalue weighted by Crippen LogP contribution is -2.29. The number of hydrogen-bond donors (Lipinski definition) is 2. The normalized spacial score (nSPS) is 12.7. The van der Waals surface area contributed by atoms with Gasteiger partial charge in [0.05, 0.1) is 11.0 Å². The highest BCUT2D eigenvalue weighted by atomic mass is 16.6. The van der Waals surface area contributed by atoms with Crippen molar-refractivity contribution in [3.05, 3.63) is 48.3 Å². The van der Waals surface area contributed by atoms with E-state index < -0.39 is 0 Å². The number of para-hydroxylation sites is 2. The van der Waals surface area contributed by atoms with Gasteiger partial charge in [-0.2, -0.15) is 0 Å². The quantitative estimate of drug-likeness (QED) is 0.529. The molecule has 0 unspecified atom stereocenters. The standard InChI is InChI=1S/C24H28N4O4/c1-16(2)24(30)25-11-5-8-22-27-18-6-3-4-7-19(18)28(22)15-23(29)26-17-9-10-20-21(14-17)32-13-12-31-20/h3-4,6-7,9-10,14,16H,5,8,11-13,15H2,1-2H3,(H,25,30)(H,26,29). The van der Waals surface area contributed by atoms with Gasteiger partial charge >= 0.3 is 0 Å². The maximum atomic E-state index is 12.8. The number of rotatable bonds is 8. The molecule has 0 saturated heterocycles. The van der Waals surface area contributed by atoms with Crippen molar-refractivity contribution in [3.8, 4) is 11.5 Å². The average molecular weight is 437 g/mol. The first-order valence-electron chi connectivity index (χ1n) is 10.9. The first kappa shape index (κ1) is 21.7. The molecule has 2 aromatic carbocycles. The summed E-state index contributed by atoms with van der Waals surface area (Å²) in [5.41, 5.74) is 2.41. The molecule has 0 radical (unpaired) electrons. The van der Waals surface area contributed by atoms with Crippen molar-refractivity contribution in [2.24, 2.45) is 5.92 Å². The molecule has 0 aliphatic carbocycles. The summed E-state index contributed by atoms with van der Waals surface area (Å²) in [4.78, 5) is 29.3. The van der Waals surface area contributed by atoms with Gasteiger partial charge in [0.1, 0.15) is 25.6 Å². The smallest absolute Gasteiger partial charge is 0.244 e. The van der Waals surface area contributed by atoms with Gasteiger partial charge in [0, 0.05) is 30.6 Å². The Balaban J connectivity index is 1.45. The molecule has 2 N–H and O–H groups in total. The Labute approximate surface area is 186 Å². The minimum atomic E-state index is -0.154. The van der Waals surface area contributed by atoms with E-state index in [4.69, 9.17) is 14.5 Å². The van der Waals surface area contributed by atoms with E-state index in [9.17, 15) is 9.59 Å². The van der Waals surface area contributed by atoms with Gasteiger partial charge < -0.3 is 24.7 Å². The lowest BCUT2D eigenvalue weighted by molar-refractivity contribution is -0.124. The molecular weight excluding hydrogens is 408 g/mol. The van der Waals surface area contributed by atoms with Crippen LogP contribution in [0.25, 0.3) is 11.0 Å². The van der Waals surface area contributed by atoms with Crippen molar-refractivity contribution < 1.29 is 19.1 Å². The van der Waals surface area contributed by atoms with Gasteiger partial charge in [-0.25, -0.2) is 4.98 Å². The summed E-state index contributed by atoms with van der Waals surface area (Å²) in [5, 5.41) is 5.86.